The topological polar surface area (TPSA) is 91.1 Å². The van der Waals surface area contributed by atoms with Crippen molar-refractivity contribution in [1.82, 2.24) is 29.3 Å². The summed E-state index contributed by atoms with van der Waals surface area (Å²) in [5.41, 5.74) is 3.39. The molecular weight excluding hydrogens is 472 g/mol. The number of hydrogen-bond donors (Lipinski definition) is 0. The van der Waals surface area contributed by atoms with Crippen LogP contribution in [-0.2, 0) is 5.75 Å². The van der Waals surface area contributed by atoms with Gasteiger partial charge in [-0.25, -0.2) is 4.57 Å². The first-order chi connectivity index (χ1) is 17.6. The molecule has 0 aliphatic heterocycles. The number of thioether (sulfide) groups is 1. The Labute approximate surface area is 210 Å². The number of aromatic nitrogens is 6. The number of nitrogens with zero attached hydrogens (tertiary/aromatic N) is 6. The monoisotopic (exact) mass is 494 g/mol. The summed E-state index contributed by atoms with van der Waals surface area (Å²) in [5, 5.41) is 14.2. The standard InChI is InChI=1S/C27H22N6O2S/c1-17(2)19-12-6-8-14-21(19)32-25(34)20-13-7-9-15-22(20)33-26(32)29-30-27(33)36-16-23-28-24(31-35-23)18-10-4-3-5-11-18/h3-15,17H,16H2,1-2H3. The maximum Gasteiger partial charge on any atom is 0.267 e. The van der Waals surface area contributed by atoms with Crippen molar-refractivity contribution >= 4 is 28.4 Å². The van der Waals surface area contributed by atoms with E-state index in [1.54, 1.807) is 4.57 Å². The Morgan fingerprint density at radius 3 is 2.50 bits per heavy atom. The molecule has 0 aliphatic carbocycles. The predicted molar refractivity (Wildman–Crippen MR) is 139 cm³/mol. The van der Waals surface area contributed by atoms with E-state index in [0.717, 1.165) is 22.3 Å². The molecule has 3 aromatic heterocycles. The van der Waals surface area contributed by atoms with E-state index in [2.05, 4.69) is 34.2 Å². The summed E-state index contributed by atoms with van der Waals surface area (Å²) < 4.78 is 9.06. The van der Waals surface area contributed by atoms with Gasteiger partial charge in [0.25, 0.3) is 5.56 Å². The highest BCUT2D eigenvalue weighted by molar-refractivity contribution is 7.98. The number of rotatable bonds is 6. The molecule has 0 amide bonds. The molecule has 36 heavy (non-hydrogen) atoms. The predicted octanol–water partition coefficient (Wildman–Crippen LogP) is 5.50. The third-order valence-corrected chi connectivity index (χ3v) is 6.93. The van der Waals surface area contributed by atoms with E-state index < -0.39 is 0 Å². The number of benzene rings is 3. The van der Waals surface area contributed by atoms with Gasteiger partial charge in [-0.3, -0.25) is 9.20 Å². The number of hydrogen-bond acceptors (Lipinski definition) is 7. The van der Waals surface area contributed by atoms with Gasteiger partial charge < -0.3 is 4.52 Å². The molecule has 0 unspecified atom stereocenters. The minimum Gasteiger partial charge on any atom is -0.338 e. The molecule has 0 spiro atoms. The second-order valence-electron chi connectivity index (χ2n) is 8.66. The Morgan fingerprint density at radius 1 is 0.917 bits per heavy atom. The fraction of sp³-hybridized carbons (Fsp3) is 0.148. The van der Waals surface area contributed by atoms with Gasteiger partial charge in [0.05, 0.1) is 22.3 Å². The van der Waals surface area contributed by atoms with Gasteiger partial charge in [-0.05, 0) is 29.7 Å². The SMILES string of the molecule is CC(C)c1ccccc1-n1c(=O)c2ccccc2n2c(SCc3nc(-c4ccccc4)no3)nnc12. The van der Waals surface area contributed by atoms with Crippen LogP contribution in [0.2, 0.25) is 0 Å². The second-order valence-corrected chi connectivity index (χ2v) is 9.60. The molecule has 8 nitrogen and oxygen atoms in total. The minimum atomic E-state index is -0.125. The average molecular weight is 495 g/mol. The highest BCUT2D eigenvalue weighted by Gasteiger charge is 2.20. The van der Waals surface area contributed by atoms with Crippen LogP contribution in [0.3, 0.4) is 0 Å². The molecule has 0 bridgehead atoms. The van der Waals surface area contributed by atoms with Crippen LogP contribution in [0.15, 0.2) is 93.3 Å². The maximum atomic E-state index is 13.7. The summed E-state index contributed by atoms with van der Waals surface area (Å²) in [4.78, 5) is 18.2. The molecule has 6 aromatic rings. The van der Waals surface area contributed by atoms with Crippen molar-refractivity contribution < 1.29 is 4.52 Å². The van der Waals surface area contributed by atoms with E-state index in [0.29, 0.717) is 33.8 Å². The van der Waals surface area contributed by atoms with Crippen molar-refractivity contribution in [2.75, 3.05) is 0 Å². The molecule has 9 heteroatoms. The summed E-state index contributed by atoms with van der Waals surface area (Å²) in [6, 6.07) is 25.1. The van der Waals surface area contributed by atoms with Crippen molar-refractivity contribution in [3.8, 4) is 17.1 Å². The molecule has 0 saturated carbocycles. The third-order valence-electron chi connectivity index (χ3n) is 6.02. The first-order valence-corrected chi connectivity index (χ1v) is 12.6. The Bertz CT molecular complexity index is 1750. The van der Waals surface area contributed by atoms with Gasteiger partial charge >= 0.3 is 0 Å². The summed E-state index contributed by atoms with van der Waals surface area (Å²) in [7, 11) is 0. The van der Waals surface area contributed by atoms with Gasteiger partial charge in [-0.15, -0.1) is 10.2 Å². The molecule has 0 N–H and O–H groups in total. The Morgan fingerprint density at radius 2 is 1.67 bits per heavy atom. The highest BCUT2D eigenvalue weighted by Crippen LogP contribution is 2.28. The Balaban J connectivity index is 1.46. The van der Waals surface area contributed by atoms with Crippen LogP contribution in [0.5, 0.6) is 0 Å². The fourth-order valence-electron chi connectivity index (χ4n) is 4.31. The maximum absolute atomic E-state index is 13.7. The van der Waals surface area contributed by atoms with Crippen LogP contribution in [0.4, 0.5) is 0 Å². The molecule has 0 aliphatic rings. The van der Waals surface area contributed by atoms with Gasteiger partial charge in [0, 0.05) is 5.56 Å². The molecule has 3 aromatic carbocycles. The molecule has 6 rings (SSSR count). The van der Waals surface area contributed by atoms with Gasteiger partial charge in [0.15, 0.2) is 5.16 Å². The lowest BCUT2D eigenvalue weighted by Crippen LogP contribution is -2.23. The smallest absolute Gasteiger partial charge is 0.267 e. The second kappa shape index (κ2) is 9.09. The molecule has 178 valence electrons. The van der Waals surface area contributed by atoms with Crippen LogP contribution in [0.25, 0.3) is 33.8 Å². The summed E-state index contributed by atoms with van der Waals surface area (Å²) in [6.07, 6.45) is 0. The van der Waals surface area contributed by atoms with Gasteiger partial charge in [-0.1, -0.05) is 91.4 Å². The van der Waals surface area contributed by atoms with E-state index in [-0.39, 0.29) is 11.5 Å². The van der Waals surface area contributed by atoms with Crippen LogP contribution in [-0.4, -0.2) is 29.3 Å². The van der Waals surface area contributed by atoms with E-state index in [1.165, 1.54) is 11.8 Å². The lowest BCUT2D eigenvalue weighted by Gasteiger charge is -2.16. The normalized spacial score (nSPS) is 11.6. The molecule has 0 radical (unpaired) electrons. The van der Waals surface area contributed by atoms with E-state index >= 15 is 0 Å². The van der Waals surface area contributed by atoms with Crippen molar-refractivity contribution in [3.05, 3.63) is 101 Å². The number of fused-ring (bicyclic) bond motifs is 3. The first-order valence-electron chi connectivity index (χ1n) is 11.6. The number of para-hydroxylation sites is 2. The average Bonchev–Trinajstić information content (AvgIpc) is 3.56. The molecule has 3 heterocycles. The van der Waals surface area contributed by atoms with Crippen LogP contribution in [0.1, 0.15) is 31.2 Å². The highest BCUT2D eigenvalue weighted by atomic mass is 32.2. The van der Waals surface area contributed by atoms with Crippen LogP contribution in [0, 0.1) is 0 Å². The third kappa shape index (κ3) is 3.77. The molecule has 0 atom stereocenters. The van der Waals surface area contributed by atoms with E-state index in [9.17, 15) is 4.79 Å². The lowest BCUT2D eigenvalue weighted by atomic mass is 10.0. The molecule has 0 saturated heterocycles. The lowest BCUT2D eigenvalue weighted by molar-refractivity contribution is 0.391. The van der Waals surface area contributed by atoms with E-state index in [1.807, 2.05) is 83.3 Å². The van der Waals surface area contributed by atoms with Gasteiger partial charge in [0.1, 0.15) is 0 Å². The molecule has 0 fully saturated rings. The van der Waals surface area contributed by atoms with Gasteiger partial charge in [0.2, 0.25) is 17.5 Å². The van der Waals surface area contributed by atoms with Crippen molar-refractivity contribution in [2.24, 2.45) is 0 Å². The summed E-state index contributed by atoms with van der Waals surface area (Å²) in [5.74, 6) is 2.13. The zero-order chi connectivity index (χ0) is 24.6. The Kier molecular flexibility index (Phi) is 5.61. The van der Waals surface area contributed by atoms with Crippen molar-refractivity contribution in [3.63, 3.8) is 0 Å². The fourth-order valence-corrected chi connectivity index (χ4v) is 5.09. The summed E-state index contributed by atoms with van der Waals surface area (Å²) in [6.45, 7) is 4.22. The van der Waals surface area contributed by atoms with Crippen LogP contribution >= 0.6 is 11.8 Å². The van der Waals surface area contributed by atoms with Crippen molar-refractivity contribution in [1.29, 1.82) is 0 Å². The first kappa shape index (κ1) is 22.2. The largest absolute Gasteiger partial charge is 0.338 e. The van der Waals surface area contributed by atoms with Crippen LogP contribution < -0.4 is 5.56 Å². The van der Waals surface area contributed by atoms with Crippen molar-refractivity contribution in [2.45, 2.75) is 30.7 Å². The summed E-state index contributed by atoms with van der Waals surface area (Å²) >= 11 is 1.43. The zero-order valence-electron chi connectivity index (χ0n) is 19.7. The Hall–Kier alpha value is -4.24. The molecular formula is C27H22N6O2S. The van der Waals surface area contributed by atoms with Gasteiger partial charge in [-0.2, -0.15) is 4.98 Å². The van der Waals surface area contributed by atoms with E-state index in [4.69, 9.17) is 4.52 Å². The minimum absolute atomic E-state index is 0.125. The quantitative estimate of drug-likeness (QED) is 0.282. The zero-order valence-corrected chi connectivity index (χ0v) is 20.5.